The summed E-state index contributed by atoms with van der Waals surface area (Å²) in [5, 5.41) is 16.5. The second-order valence-corrected chi connectivity index (χ2v) is 8.91. The highest BCUT2D eigenvalue weighted by atomic mass is 19.1. The number of amides is 1. The molecule has 0 aliphatic heterocycles. The number of nitrogens with one attached hydrogen (secondary N) is 2. The molecule has 0 spiro atoms. The lowest BCUT2D eigenvalue weighted by atomic mass is 10.0. The van der Waals surface area contributed by atoms with Crippen LogP contribution >= 0.6 is 0 Å². The van der Waals surface area contributed by atoms with Crippen LogP contribution in [0.3, 0.4) is 0 Å². The van der Waals surface area contributed by atoms with Crippen molar-refractivity contribution in [2.45, 2.75) is 58.4 Å². The van der Waals surface area contributed by atoms with Crippen LogP contribution in [-0.2, 0) is 17.7 Å². The van der Waals surface area contributed by atoms with Gasteiger partial charge in [-0.2, -0.15) is 0 Å². The van der Waals surface area contributed by atoms with Crippen LogP contribution < -0.4 is 10.6 Å². The highest BCUT2D eigenvalue weighted by molar-refractivity contribution is 5.68. The maximum absolute atomic E-state index is 13.6. The zero-order chi connectivity index (χ0) is 23.9. The molecule has 2 aromatic rings. The molecule has 0 aliphatic carbocycles. The molecule has 1 amide bonds. The van der Waals surface area contributed by atoms with Crippen molar-refractivity contribution in [3.8, 4) is 0 Å². The molecule has 0 saturated heterocycles. The Kier molecular flexibility index (Phi) is 8.92. The van der Waals surface area contributed by atoms with E-state index < -0.39 is 35.5 Å². The molecule has 0 heterocycles. The SMILES string of the molecule is C=C(C)c1cccc(CNC[C@@H](O)[C@H](Cc2cc(F)cc(F)c2)NC(=O)OC(C)(C)C)c1. The van der Waals surface area contributed by atoms with Crippen LogP contribution in [0.25, 0.3) is 5.57 Å². The van der Waals surface area contributed by atoms with E-state index in [2.05, 4.69) is 17.2 Å². The van der Waals surface area contributed by atoms with Crippen molar-refractivity contribution in [2.75, 3.05) is 6.54 Å². The Labute approximate surface area is 188 Å². The third kappa shape index (κ3) is 8.77. The minimum atomic E-state index is -1.03. The second-order valence-electron chi connectivity index (χ2n) is 8.91. The van der Waals surface area contributed by atoms with Crippen LogP contribution in [0.5, 0.6) is 0 Å². The summed E-state index contributed by atoms with van der Waals surface area (Å²) in [6, 6.07) is 10.2. The van der Waals surface area contributed by atoms with E-state index in [1.807, 2.05) is 31.2 Å². The summed E-state index contributed by atoms with van der Waals surface area (Å²) in [5.74, 6) is -1.44. The maximum Gasteiger partial charge on any atom is 0.407 e. The van der Waals surface area contributed by atoms with Crippen molar-refractivity contribution in [1.29, 1.82) is 0 Å². The molecule has 2 rings (SSSR count). The minimum Gasteiger partial charge on any atom is -0.444 e. The molecule has 32 heavy (non-hydrogen) atoms. The number of carbonyl (C=O) groups is 1. The molecule has 7 heteroatoms. The average Bonchev–Trinajstić information content (AvgIpc) is 2.65. The van der Waals surface area contributed by atoms with Gasteiger partial charge < -0.3 is 20.5 Å². The van der Waals surface area contributed by atoms with Gasteiger partial charge in [-0.3, -0.25) is 0 Å². The van der Waals surface area contributed by atoms with Crippen molar-refractivity contribution in [2.24, 2.45) is 0 Å². The standard InChI is InChI=1S/C25H32F2N2O3/c1-16(2)19-8-6-7-17(9-19)14-28-15-23(30)22(29-24(31)32-25(3,4)5)12-18-10-20(26)13-21(27)11-18/h6-11,13,22-23,28,30H,1,12,14-15H2,2-5H3,(H,29,31)/t22-,23+/m0/s1. The molecule has 0 radical (unpaired) electrons. The summed E-state index contributed by atoms with van der Waals surface area (Å²) >= 11 is 0. The average molecular weight is 447 g/mol. The fourth-order valence-corrected chi connectivity index (χ4v) is 3.18. The molecule has 3 N–H and O–H groups in total. The number of alkyl carbamates (subject to hydrolysis) is 1. The van der Waals surface area contributed by atoms with Crippen LogP contribution in [0, 0.1) is 11.6 Å². The van der Waals surface area contributed by atoms with Crippen LogP contribution in [0.4, 0.5) is 13.6 Å². The third-order valence-electron chi connectivity index (χ3n) is 4.65. The predicted molar refractivity (Wildman–Crippen MR) is 122 cm³/mol. The van der Waals surface area contributed by atoms with E-state index in [1.165, 1.54) is 12.1 Å². The van der Waals surface area contributed by atoms with Gasteiger partial charge in [-0.15, -0.1) is 0 Å². The molecular formula is C25H32F2N2O3. The Bertz CT molecular complexity index is 921. The first kappa shape index (κ1) is 25.5. The van der Waals surface area contributed by atoms with Crippen molar-refractivity contribution >= 4 is 11.7 Å². The van der Waals surface area contributed by atoms with E-state index in [4.69, 9.17) is 4.74 Å². The van der Waals surface area contributed by atoms with E-state index in [1.54, 1.807) is 20.8 Å². The maximum atomic E-state index is 13.6. The van der Waals surface area contributed by atoms with Gasteiger partial charge in [0.05, 0.1) is 12.1 Å². The minimum absolute atomic E-state index is 0.0297. The molecule has 2 atom stereocenters. The first-order chi connectivity index (χ1) is 14.9. The molecule has 5 nitrogen and oxygen atoms in total. The van der Waals surface area contributed by atoms with Crippen LogP contribution in [0.2, 0.25) is 0 Å². The van der Waals surface area contributed by atoms with Gasteiger partial charge in [0.2, 0.25) is 0 Å². The molecule has 174 valence electrons. The van der Waals surface area contributed by atoms with Crippen LogP contribution in [0.15, 0.2) is 49.0 Å². The van der Waals surface area contributed by atoms with Gasteiger partial charge in [-0.25, -0.2) is 13.6 Å². The van der Waals surface area contributed by atoms with Crippen LogP contribution in [0.1, 0.15) is 44.4 Å². The summed E-state index contributed by atoms with van der Waals surface area (Å²) in [6.45, 7) is 11.7. The molecular weight excluding hydrogens is 414 g/mol. The van der Waals surface area contributed by atoms with Gasteiger partial charge in [0.25, 0.3) is 0 Å². The summed E-state index contributed by atoms with van der Waals surface area (Å²) in [5.41, 5.74) is 2.59. The lowest BCUT2D eigenvalue weighted by Crippen LogP contribution is -2.49. The monoisotopic (exact) mass is 446 g/mol. The highest BCUT2D eigenvalue weighted by Crippen LogP contribution is 2.15. The Hall–Kier alpha value is -2.77. The van der Waals surface area contributed by atoms with Gasteiger partial charge in [0.15, 0.2) is 0 Å². The van der Waals surface area contributed by atoms with E-state index in [9.17, 15) is 18.7 Å². The Morgan fingerprint density at radius 1 is 1.12 bits per heavy atom. The highest BCUT2D eigenvalue weighted by Gasteiger charge is 2.25. The van der Waals surface area contributed by atoms with E-state index in [0.29, 0.717) is 12.1 Å². The zero-order valence-electron chi connectivity index (χ0n) is 19.0. The number of benzene rings is 2. The molecule has 2 aromatic carbocycles. The summed E-state index contributed by atoms with van der Waals surface area (Å²) in [7, 11) is 0. The number of rotatable bonds is 9. The molecule has 0 fully saturated rings. The van der Waals surface area contributed by atoms with Crippen molar-refractivity contribution < 1.29 is 23.4 Å². The van der Waals surface area contributed by atoms with Crippen molar-refractivity contribution in [3.05, 3.63) is 77.4 Å². The molecule has 0 aliphatic rings. The van der Waals surface area contributed by atoms with Gasteiger partial charge >= 0.3 is 6.09 Å². The lowest BCUT2D eigenvalue weighted by molar-refractivity contribution is 0.0422. The molecule has 0 aromatic heterocycles. The predicted octanol–water partition coefficient (Wildman–Crippen LogP) is 4.58. The molecule has 0 bridgehead atoms. The van der Waals surface area contributed by atoms with E-state index in [0.717, 1.165) is 22.8 Å². The van der Waals surface area contributed by atoms with Gasteiger partial charge in [0.1, 0.15) is 17.2 Å². The Balaban J connectivity index is 2.06. The number of ether oxygens (including phenoxy) is 1. The summed E-state index contributed by atoms with van der Waals surface area (Å²) in [6.07, 6.45) is -1.71. The van der Waals surface area contributed by atoms with Crippen molar-refractivity contribution in [1.82, 2.24) is 10.6 Å². The Morgan fingerprint density at radius 2 is 1.78 bits per heavy atom. The molecule has 0 saturated carbocycles. The smallest absolute Gasteiger partial charge is 0.407 e. The number of aliphatic hydroxyl groups is 1. The van der Waals surface area contributed by atoms with Gasteiger partial charge in [0, 0.05) is 19.2 Å². The first-order valence-corrected chi connectivity index (χ1v) is 10.5. The van der Waals surface area contributed by atoms with Crippen molar-refractivity contribution in [3.63, 3.8) is 0 Å². The van der Waals surface area contributed by atoms with E-state index >= 15 is 0 Å². The fraction of sp³-hybridized carbons (Fsp3) is 0.400. The number of hydrogen-bond donors (Lipinski definition) is 3. The van der Waals surface area contributed by atoms with Gasteiger partial charge in [-0.1, -0.05) is 36.4 Å². The number of halogens is 2. The lowest BCUT2D eigenvalue weighted by Gasteiger charge is -2.27. The normalized spacial score (nSPS) is 13.3. The Morgan fingerprint density at radius 3 is 2.38 bits per heavy atom. The fourth-order valence-electron chi connectivity index (χ4n) is 3.18. The largest absolute Gasteiger partial charge is 0.444 e. The second kappa shape index (κ2) is 11.2. The summed E-state index contributed by atoms with van der Waals surface area (Å²) < 4.78 is 32.5. The molecule has 0 unspecified atom stereocenters. The first-order valence-electron chi connectivity index (χ1n) is 10.5. The summed E-state index contributed by atoms with van der Waals surface area (Å²) in [4.78, 5) is 12.3. The third-order valence-corrected chi connectivity index (χ3v) is 4.65. The van der Waals surface area contributed by atoms with E-state index in [-0.39, 0.29) is 13.0 Å². The quantitative estimate of drug-likeness (QED) is 0.527. The van der Waals surface area contributed by atoms with Crippen LogP contribution in [-0.4, -0.2) is 35.5 Å². The van der Waals surface area contributed by atoms with Gasteiger partial charge in [-0.05, 0) is 62.9 Å². The number of hydrogen-bond acceptors (Lipinski definition) is 4. The number of aliphatic hydroxyl groups excluding tert-OH is 1. The zero-order valence-corrected chi connectivity index (χ0v) is 19.0. The number of allylic oxidation sites excluding steroid dienone is 1. The topological polar surface area (TPSA) is 70.6 Å². The number of carbonyl (C=O) groups excluding carboxylic acids is 1.